The fraction of sp³-hybridized carbons (Fsp3) is 0.391. The zero-order valence-electron chi connectivity index (χ0n) is 20.0. The third kappa shape index (κ3) is 7.90. The van der Waals surface area contributed by atoms with Gasteiger partial charge in [0.25, 0.3) is 0 Å². The Hall–Kier alpha value is -2.20. The molecule has 0 radical (unpaired) electrons. The zero-order chi connectivity index (χ0) is 26.5. The molecule has 2 rings (SSSR count). The van der Waals surface area contributed by atoms with Gasteiger partial charge in [0.1, 0.15) is 18.3 Å². The molecule has 0 aliphatic heterocycles. The summed E-state index contributed by atoms with van der Waals surface area (Å²) in [6.45, 7) is 4.62. The zero-order valence-corrected chi connectivity index (χ0v) is 23.1. The van der Waals surface area contributed by atoms with Gasteiger partial charge in [-0.15, -0.1) is 0 Å². The van der Waals surface area contributed by atoms with Crippen LogP contribution in [0.15, 0.2) is 36.4 Å². The molecule has 0 aliphatic rings. The molecule has 0 unspecified atom stereocenters. The van der Waals surface area contributed by atoms with Crippen LogP contribution in [0.5, 0.6) is 5.75 Å². The lowest BCUT2D eigenvalue weighted by atomic mass is 10.1. The van der Waals surface area contributed by atoms with Crippen LogP contribution in [-0.4, -0.2) is 57.1 Å². The first-order valence-electron chi connectivity index (χ1n) is 10.6. The van der Waals surface area contributed by atoms with Crippen molar-refractivity contribution in [3.63, 3.8) is 0 Å². The fourth-order valence-corrected chi connectivity index (χ4v) is 4.66. The number of anilines is 1. The summed E-state index contributed by atoms with van der Waals surface area (Å²) in [6, 6.07) is 8.19. The Balaban J connectivity index is 2.44. The molecule has 0 heterocycles. The molecule has 0 spiro atoms. The van der Waals surface area contributed by atoms with Crippen LogP contribution in [0.4, 0.5) is 5.69 Å². The Morgan fingerprint density at radius 1 is 1.00 bits per heavy atom. The predicted octanol–water partition coefficient (Wildman–Crippen LogP) is 4.36. The molecule has 0 bridgehead atoms. The number of hydrogen-bond donors (Lipinski definition) is 1. The van der Waals surface area contributed by atoms with Crippen molar-refractivity contribution in [2.24, 2.45) is 0 Å². The van der Waals surface area contributed by atoms with Gasteiger partial charge >= 0.3 is 0 Å². The molecule has 1 N–H and O–H groups in total. The molecule has 0 saturated heterocycles. The first kappa shape index (κ1) is 29.0. The summed E-state index contributed by atoms with van der Waals surface area (Å²) in [7, 11) is -2.45. The summed E-state index contributed by atoms with van der Waals surface area (Å²) in [5.41, 5.74) is 0.802. The average Bonchev–Trinajstić information content (AvgIpc) is 2.76. The lowest BCUT2D eigenvalue weighted by molar-refractivity contribution is -0.139. The second-order valence-electron chi connectivity index (χ2n) is 8.20. The van der Waals surface area contributed by atoms with Gasteiger partial charge in [0, 0.05) is 12.6 Å². The van der Waals surface area contributed by atoms with Crippen LogP contribution < -0.4 is 14.4 Å². The lowest BCUT2D eigenvalue weighted by Crippen LogP contribution is -2.52. The Morgan fingerprint density at radius 3 is 2.17 bits per heavy atom. The Morgan fingerprint density at radius 2 is 1.66 bits per heavy atom. The van der Waals surface area contributed by atoms with Gasteiger partial charge in [-0.2, -0.15) is 0 Å². The van der Waals surface area contributed by atoms with E-state index in [1.807, 2.05) is 0 Å². The van der Waals surface area contributed by atoms with E-state index >= 15 is 0 Å². The maximum atomic E-state index is 13.5. The summed E-state index contributed by atoms with van der Waals surface area (Å²) in [6.07, 6.45) is 0.983. The number of methoxy groups -OCH3 is 1. The molecular weight excluding hydrogens is 537 g/mol. The van der Waals surface area contributed by atoms with Crippen molar-refractivity contribution in [1.82, 2.24) is 10.2 Å². The van der Waals surface area contributed by atoms with Crippen LogP contribution in [0, 0.1) is 0 Å². The summed E-state index contributed by atoms with van der Waals surface area (Å²) < 4.78 is 31.3. The molecule has 0 aromatic heterocycles. The van der Waals surface area contributed by atoms with Crippen LogP contribution in [0.3, 0.4) is 0 Å². The van der Waals surface area contributed by atoms with E-state index in [9.17, 15) is 18.0 Å². The minimum absolute atomic E-state index is 0.00335. The predicted molar refractivity (Wildman–Crippen MR) is 140 cm³/mol. The number of sulfonamides is 1. The fourth-order valence-electron chi connectivity index (χ4n) is 3.25. The molecule has 1 atom stereocenters. The Kier molecular flexibility index (Phi) is 10.1. The number of nitrogens with zero attached hydrogens (tertiary/aromatic N) is 2. The third-order valence-electron chi connectivity index (χ3n) is 5.04. The number of hydrogen-bond acceptors (Lipinski definition) is 5. The summed E-state index contributed by atoms with van der Waals surface area (Å²) >= 11 is 18.3. The van der Waals surface area contributed by atoms with E-state index in [0.29, 0.717) is 21.4 Å². The minimum Gasteiger partial charge on any atom is -0.495 e. The summed E-state index contributed by atoms with van der Waals surface area (Å²) in [4.78, 5) is 27.5. The normalized spacial score (nSPS) is 12.3. The SMILES string of the molecule is COc1ccc(N(CC(=O)N(Cc2ccc(Cl)c(Cl)c2)[C@@H](C)C(=O)NC(C)C)S(C)(=O)=O)cc1Cl. The smallest absolute Gasteiger partial charge is 0.244 e. The molecule has 2 amide bonds. The maximum absolute atomic E-state index is 13.5. The van der Waals surface area contributed by atoms with Gasteiger partial charge < -0.3 is 15.0 Å². The second kappa shape index (κ2) is 12.2. The molecule has 2 aromatic rings. The van der Waals surface area contributed by atoms with Gasteiger partial charge in [0.15, 0.2) is 0 Å². The molecule has 0 aliphatic carbocycles. The maximum Gasteiger partial charge on any atom is 0.244 e. The van der Waals surface area contributed by atoms with E-state index in [1.54, 1.807) is 39.0 Å². The molecule has 0 fully saturated rings. The second-order valence-corrected chi connectivity index (χ2v) is 11.3. The van der Waals surface area contributed by atoms with Crippen molar-refractivity contribution in [1.29, 1.82) is 0 Å². The first-order valence-corrected chi connectivity index (χ1v) is 13.6. The van der Waals surface area contributed by atoms with Crippen molar-refractivity contribution in [3.05, 3.63) is 57.0 Å². The monoisotopic (exact) mass is 563 g/mol. The third-order valence-corrected chi connectivity index (χ3v) is 7.21. The number of nitrogens with one attached hydrogen (secondary N) is 1. The molecule has 8 nitrogen and oxygen atoms in total. The van der Waals surface area contributed by atoms with Crippen LogP contribution in [0.1, 0.15) is 26.3 Å². The van der Waals surface area contributed by atoms with Gasteiger partial charge in [-0.1, -0.05) is 40.9 Å². The van der Waals surface area contributed by atoms with Crippen molar-refractivity contribution in [2.45, 2.75) is 39.4 Å². The number of amides is 2. The highest BCUT2D eigenvalue weighted by Gasteiger charge is 2.30. The quantitative estimate of drug-likeness (QED) is 0.463. The number of benzene rings is 2. The van der Waals surface area contributed by atoms with Crippen molar-refractivity contribution >= 4 is 62.3 Å². The van der Waals surface area contributed by atoms with Crippen LogP contribution in [-0.2, 0) is 26.2 Å². The molecular formula is C23H28Cl3N3O5S. The average molecular weight is 565 g/mol. The van der Waals surface area contributed by atoms with E-state index in [0.717, 1.165) is 10.6 Å². The Bertz CT molecular complexity index is 1190. The number of carbonyl (C=O) groups is 2. The van der Waals surface area contributed by atoms with Gasteiger partial charge in [-0.25, -0.2) is 8.42 Å². The topological polar surface area (TPSA) is 96.0 Å². The first-order chi connectivity index (χ1) is 16.2. The van der Waals surface area contributed by atoms with Crippen LogP contribution in [0.2, 0.25) is 15.1 Å². The Labute approximate surface area is 221 Å². The van der Waals surface area contributed by atoms with Gasteiger partial charge in [0.05, 0.1) is 34.1 Å². The number of rotatable bonds is 10. The van der Waals surface area contributed by atoms with Gasteiger partial charge in [-0.05, 0) is 56.7 Å². The van der Waals surface area contributed by atoms with E-state index in [4.69, 9.17) is 39.5 Å². The van der Waals surface area contributed by atoms with Crippen molar-refractivity contribution in [2.75, 3.05) is 24.2 Å². The number of ether oxygens (including phenoxy) is 1. The lowest BCUT2D eigenvalue weighted by Gasteiger charge is -2.32. The number of carbonyl (C=O) groups excluding carboxylic acids is 2. The highest BCUT2D eigenvalue weighted by molar-refractivity contribution is 7.92. The standard InChI is InChI=1S/C23H28Cl3N3O5S/c1-14(2)27-23(31)15(3)28(12-16-6-8-18(24)19(25)10-16)22(30)13-29(35(5,32)33)17-7-9-21(34-4)20(26)11-17/h6-11,14-15H,12-13H2,1-5H3,(H,27,31)/t15-/m0/s1. The molecule has 2 aromatic carbocycles. The molecule has 192 valence electrons. The highest BCUT2D eigenvalue weighted by atomic mass is 35.5. The van der Waals surface area contributed by atoms with Crippen molar-refractivity contribution < 1.29 is 22.7 Å². The van der Waals surface area contributed by atoms with Crippen LogP contribution in [0.25, 0.3) is 0 Å². The molecule has 0 saturated carbocycles. The van der Waals surface area contributed by atoms with E-state index < -0.39 is 28.5 Å². The highest BCUT2D eigenvalue weighted by Crippen LogP contribution is 2.30. The molecule has 12 heteroatoms. The van der Waals surface area contributed by atoms with Crippen molar-refractivity contribution in [3.8, 4) is 5.75 Å². The number of halogens is 3. The van der Waals surface area contributed by atoms with Gasteiger partial charge in [-0.3, -0.25) is 13.9 Å². The van der Waals surface area contributed by atoms with E-state index in [2.05, 4.69) is 5.32 Å². The van der Waals surface area contributed by atoms with E-state index in [1.165, 1.54) is 30.2 Å². The summed E-state index contributed by atoms with van der Waals surface area (Å²) in [5.74, 6) is -0.623. The molecule has 35 heavy (non-hydrogen) atoms. The largest absolute Gasteiger partial charge is 0.495 e. The summed E-state index contributed by atoms with van der Waals surface area (Å²) in [5, 5.41) is 3.60. The van der Waals surface area contributed by atoms with Gasteiger partial charge in [0.2, 0.25) is 21.8 Å². The van der Waals surface area contributed by atoms with E-state index in [-0.39, 0.29) is 29.2 Å². The van der Waals surface area contributed by atoms with Crippen LogP contribution >= 0.6 is 34.8 Å². The minimum atomic E-state index is -3.89.